The van der Waals surface area contributed by atoms with Gasteiger partial charge in [-0.2, -0.15) is 11.8 Å². The fourth-order valence-electron chi connectivity index (χ4n) is 2.41. The van der Waals surface area contributed by atoms with Gasteiger partial charge in [-0.15, -0.1) is 0 Å². The lowest BCUT2D eigenvalue weighted by Crippen LogP contribution is -2.34. The molecule has 0 aliphatic carbocycles. The minimum atomic E-state index is -0.0876. The van der Waals surface area contributed by atoms with Gasteiger partial charge in [0.15, 0.2) is 0 Å². The average molecular weight is 315 g/mol. The van der Waals surface area contributed by atoms with Crippen molar-refractivity contribution in [1.29, 1.82) is 0 Å². The molecule has 0 saturated heterocycles. The molecule has 0 radical (unpaired) electrons. The van der Waals surface area contributed by atoms with Gasteiger partial charge in [-0.1, -0.05) is 37.3 Å². The number of hydrogen-bond donors (Lipinski definition) is 1. The van der Waals surface area contributed by atoms with E-state index in [1.54, 1.807) is 7.11 Å². The quantitative estimate of drug-likeness (QED) is 0.679. The van der Waals surface area contributed by atoms with E-state index < -0.39 is 0 Å². The summed E-state index contributed by atoms with van der Waals surface area (Å²) in [6.07, 6.45) is 1.21. The number of rotatable bonds is 8. The van der Waals surface area contributed by atoms with Crippen LogP contribution in [0.4, 0.5) is 5.69 Å². The van der Waals surface area contributed by atoms with Gasteiger partial charge < -0.3 is 10.1 Å². The van der Waals surface area contributed by atoms with Crippen LogP contribution in [-0.2, 0) is 5.54 Å². The molecular weight excluding hydrogens is 290 g/mol. The summed E-state index contributed by atoms with van der Waals surface area (Å²) in [4.78, 5) is 0. The topological polar surface area (TPSA) is 21.3 Å². The first-order valence-corrected chi connectivity index (χ1v) is 8.89. The molecule has 2 nitrogen and oxygen atoms in total. The Balaban J connectivity index is 2.19. The lowest BCUT2D eigenvalue weighted by molar-refractivity contribution is 0.415. The molecule has 0 aromatic heterocycles. The van der Waals surface area contributed by atoms with Crippen LogP contribution in [0.1, 0.15) is 25.8 Å². The third-order valence-corrected chi connectivity index (χ3v) is 5.14. The van der Waals surface area contributed by atoms with Crippen molar-refractivity contribution in [3.05, 3.63) is 60.2 Å². The molecule has 0 aliphatic rings. The molecule has 0 spiro atoms. The first-order chi connectivity index (χ1) is 10.7. The average Bonchev–Trinajstić information content (AvgIpc) is 2.57. The number of benzene rings is 2. The lowest BCUT2D eigenvalue weighted by Gasteiger charge is -2.32. The second-order valence-corrected chi connectivity index (χ2v) is 6.71. The van der Waals surface area contributed by atoms with Crippen molar-refractivity contribution < 1.29 is 4.74 Å². The number of hydrogen-bond acceptors (Lipinski definition) is 3. The predicted octanol–water partition coefficient (Wildman–Crippen LogP) is 5.17. The van der Waals surface area contributed by atoms with E-state index in [1.807, 2.05) is 23.9 Å². The molecule has 2 aromatic rings. The molecule has 0 bridgehead atoms. The van der Waals surface area contributed by atoms with Crippen molar-refractivity contribution in [3.8, 4) is 5.75 Å². The second kappa shape index (κ2) is 8.14. The third-order valence-electron chi connectivity index (χ3n) is 3.66. The van der Waals surface area contributed by atoms with Crippen molar-refractivity contribution >= 4 is 17.4 Å². The fraction of sp³-hybridized carbons (Fsp3) is 0.368. The summed E-state index contributed by atoms with van der Waals surface area (Å²) in [5, 5.41) is 3.71. The van der Waals surface area contributed by atoms with E-state index in [0.29, 0.717) is 0 Å². The highest BCUT2D eigenvalue weighted by atomic mass is 32.2. The maximum Gasteiger partial charge on any atom is 0.119 e. The summed E-state index contributed by atoms with van der Waals surface area (Å²) < 4.78 is 5.23. The van der Waals surface area contributed by atoms with E-state index in [4.69, 9.17) is 4.74 Å². The Labute approximate surface area is 138 Å². The Morgan fingerprint density at radius 3 is 2.32 bits per heavy atom. The summed E-state index contributed by atoms with van der Waals surface area (Å²) in [6, 6.07) is 18.8. The van der Waals surface area contributed by atoms with Gasteiger partial charge in [-0.25, -0.2) is 0 Å². The summed E-state index contributed by atoms with van der Waals surface area (Å²) in [5.74, 6) is 3.11. The zero-order valence-electron chi connectivity index (χ0n) is 13.6. The van der Waals surface area contributed by atoms with Gasteiger partial charge in [0.25, 0.3) is 0 Å². The number of nitrogens with one attached hydrogen (secondary N) is 1. The van der Waals surface area contributed by atoms with Crippen molar-refractivity contribution in [2.75, 3.05) is 23.9 Å². The van der Waals surface area contributed by atoms with Gasteiger partial charge in [0.1, 0.15) is 5.75 Å². The minimum Gasteiger partial charge on any atom is -0.497 e. The molecule has 0 amide bonds. The second-order valence-electron chi connectivity index (χ2n) is 5.60. The smallest absolute Gasteiger partial charge is 0.119 e. The molecule has 1 atom stereocenters. The summed E-state index contributed by atoms with van der Waals surface area (Å²) in [6.45, 7) is 4.50. The monoisotopic (exact) mass is 315 g/mol. The van der Waals surface area contributed by atoms with E-state index in [2.05, 4.69) is 61.6 Å². The highest BCUT2D eigenvalue weighted by Crippen LogP contribution is 2.30. The molecule has 3 heteroatoms. The summed E-state index contributed by atoms with van der Waals surface area (Å²) in [7, 11) is 1.69. The first-order valence-electron chi connectivity index (χ1n) is 7.73. The molecule has 2 aromatic carbocycles. The summed E-state index contributed by atoms with van der Waals surface area (Å²) in [5.41, 5.74) is 2.34. The van der Waals surface area contributed by atoms with E-state index in [0.717, 1.165) is 17.2 Å². The van der Waals surface area contributed by atoms with Gasteiger partial charge in [0.05, 0.1) is 12.6 Å². The molecule has 118 valence electrons. The molecule has 0 fully saturated rings. The van der Waals surface area contributed by atoms with E-state index in [9.17, 15) is 0 Å². The molecular formula is C19H25NOS. The maximum atomic E-state index is 5.23. The third kappa shape index (κ3) is 4.44. The van der Waals surface area contributed by atoms with Gasteiger partial charge in [-0.3, -0.25) is 0 Å². The molecule has 1 N–H and O–H groups in total. The van der Waals surface area contributed by atoms with Crippen LogP contribution in [0.2, 0.25) is 0 Å². The largest absolute Gasteiger partial charge is 0.497 e. The number of methoxy groups -OCH3 is 1. The standard InChI is InChI=1S/C19H25NOS/c1-4-14-22-15-19(2,16-8-6-5-7-9-16)20-17-10-12-18(21-3)13-11-17/h5-13,20H,4,14-15H2,1-3H3. The van der Waals surface area contributed by atoms with Crippen LogP contribution in [-0.4, -0.2) is 18.6 Å². The predicted molar refractivity (Wildman–Crippen MR) is 98.0 cm³/mol. The Morgan fingerprint density at radius 1 is 1.05 bits per heavy atom. The van der Waals surface area contributed by atoms with Crippen LogP contribution in [0.3, 0.4) is 0 Å². The Bertz CT molecular complexity index is 555. The van der Waals surface area contributed by atoms with Crippen LogP contribution in [0.15, 0.2) is 54.6 Å². The van der Waals surface area contributed by atoms with Crippen LogP contribution in [0.25, 0.3) is 0 Å². The fourth-order valence-corrected chi connectivity index (χ4v) is 3.49. The molecule has 0 aliphatic heterocycles. The lowest BCUT2D eigenvalue weighted by atomic mass is 9.93. The maximum absolute atomic E-state index is 5.23. The van der Waals surface area contributed by atoms with Crippen LogP contribution < -0.4 is 10.1 Å². The van der Waals surface area contributed by atoms with Crippen LogP contribution >= 0.6 is 11.8 Å². The molecule has 2 rings (SSSR count). The van der Waals surface area contributed by atoms with Crippen molar-refractivity contribution in [3.63, 3.8) is 0 Å². The van der Waals surface area contributed by atoms with Gasteiger partial charge >= 0.3 is 0 Å². The Morgan fingerprint density at radius 2 is 1.73 bits per heavy atom. The number of thioether (sulfide) groups is 1. The van der Waals surface area contributed by atoms with Crippen molar-refractivity contribution in [1.82, 2.24) is 0 Å². The van der Waals surface area contributed by atoms with E-state index in [-0.39, 0.29) is 5.54 Å². The zero-order chi connectivity index (χ0) is 15.8. The molecule has 1 unspecified atom stereocenters. The van der Waals surface area contributed by atoms with Gasteiger partial charge in [0.2, 0.25) is 0 Å². The zero-order valence-corrected chi connectivity index (χ0v) is 14.5. The normalized spacial score (nSPS) is 13.4. The van der Waals surface area contributed by atoms with Gasteiger partial charge in [0, 0.05) is 11.4 Å². The van der Waals surface area contributed by atoms with E-state index in [1.165, 1.54) is 17.7 Å². The Hall–Kier alpha value is -1.61. The molecule has 22 heavy (non-hydrogen) atoms. The number of anilines is 1. The minimum absolute atomic E-state index is 0.0876. The van der Waals surface area contributed by atoms with Crippen LogP contribution in [0.5, 0.6) is 5.75 Å². The molecule has 0 heterocycles. The van der Waals surface area contributed by atoms with Crippen molar-refractivity contribution in [2.24, 2.45) is 0 Å². The molecule has 0 saturated carbocycles. The van der Waals surface area contributed by atoms with Crippen molar-refractivity contribution in [2.45, 2.75) is 25.8 Å². The SMILES string of the molecule is CCCSCC(C)(Nc1ccc(OC)cc1)c1ccccc1. The van der Waals surface area contributed by atoms with E-state index >= 15 is 0 Å². The Kier molecular flexibility index (Phi) is 6.20. The van der Waals surface area contributed by atoms with Gasteiger partial charge in [-0.05, 0) is 48.9 Å². The first kappa shape index (κ1) is 16.8. The highest BCUT2D eigenvalue weighted by molar-refractivity contribution is 7.99. The highest BCUT2D eigenvalue weighted by Gasteiger charge is 2.26. The van der Waals surface area contributed by atoms with Crippen LogP contribution in [0, 0.1) is 0 Å². The number of ether oxygens (including phenoxy) is 1. The summed E-state index contributed by atoms with van der Waals surface area (Å²) >= 11 is 1.99.